The highest BCUT2D eigenvalue weighted by molar-refractivity contribution is 7.46. The molecule has 2 unspecified atom stereocenters. The van der Waals surface area contributed by atoms with Crippen molar-refractivity contribution in [3.8, 4) is 0 Å². The van der Waals surface area contributed by atoms with Crippen molar-refractivity contribution in [3.05, 3.63) is 0 Å². The van der Waals surface area contributed by atoms with Gasteiger partial charge >= 0.3 is 0 Å². The van der Waals surface area contributed by atoms with Gasteiger partial charge in [0.05, 0.1) is 70.4 Å². The summed E-state index contributed by atoms with van der Waals surface area (Å²) in [5.41, 5.74) is -1.50. The normalized spacial score (nSPS) is 39.8. The molecule has 4 aliphatic heterocycles. The first kappa shape index (κ1) is 53.2. The van der Waals surface area contributed by atoms with Crippen molar-refractivity contribution in [3.63, 3.8) is 0 Å². The van der Waals surface area contributed by atoms with Crippen LogP contribution in [0.2, 0.25) is 5.82 Å². The molecule has 8 radical (unpaired) electrons. The third kappa shape index (κ3) is 17.0. The highest BCUT2D eigenvalue weighted by atomic mass is 31.2. The van der Waals surface area contributed by atoms with Crippen LogP contribution in [0.25, 0.3) is 0 Å². The smallest absolute Gasteiger partial charge is 0.271 e. The van der Waals surface area contributed by atoms with Gasteiger partial charge in [-0.05, 0) is 87.5 Å². The van der Waals surface area contributed by atoms with E-state index in [1.165, 1.54) is 0 Å². The van der Waals surface area contributed by atoms with E-state index in [1.807, 2.05) is 55.4 Å². The first-order valence-electron chi connectivity index (χ1n) is 19.1. The standard InChI is InChI=1S/C17H31B2O8P.C8H14BO6P.C8H15BO3.H2O/c1-10(2)23-9-17(20)7-12(18)5-15(17)27-28(21,22)24-8-14-13(25-11(3)4)6-16(19)26-14;1-5(2)12-4-8-6(3-7(9)13-8)14-16(10,11)15-8;1-5(2)11-6-3-8(9)12-7(6)4-10;/h10-16,20H,5-9H2,1-4H3,(H,21,22);5-7H,3-4H2,1-2H3,(H,10,11);5-8,10H,3-4H2,1-2H3;1H2/p-3/t12-,13+,14+,15+,16+,17-;6-,7-,8+;6-,7-,8-;/m011./s1. The molecule has 0 spiro atoms. The minimum atomic E-state index is -4.73. The van der Waals surface area contributed by atoms with Gasteiger partial charge in [-0.3, -0.25) is 13.7 Å². The first-order valence-corrected chi connectivity index (χ1v) is 22.0. The van der Waals surface area contributed by atoms with Crippen LogP contribution in [0.4, 0.5) is 0 Å². The second-order valence-corrected chi connectivity index (χ2v) is 18.4. The Kier molecular flexibility index (Phi) is 21.4. The zero-order valence-corrected chi connectivity index (χ0v) is 35.9. The Balaban J connectivity index is 0.000000325. The summed E-state index contributed by atoms with van der Waals surface area (Å²) in [5.74, 6) is -1.80. The van der Waals surface area contributed by atoms with Crippen LogP contribution in [0.1, 0.15) is 87.5 Å². The minimum Gasteiger partial charge on any atom is -0.870 e. The van der Waals surface area contributed by atoms with Gasteiger partial charge < -0.3 is 72.2 Å². The van der Waals surface area contributed by atoms with E-state index in [9.17, 15) is 24.0 Å². The van der Waals surface area contributed by atoms with Gasteiger partial charge in [-0.15, -0.1) is 0 Å². The Labute approximate surface area is 342 Å². The van der Waals surface area contributed by atoms with Crippen LogP contribution in [-0.4, -0.2) is 164 Å². The SMILES string of the molecule is [B][C@H]1C[C@@H](OC(C)C)[C@@H](CO)O1.[B][C@H]1C[C@@H](OP(=O)([O-])OC[C@H]2O[C@@H]([B])C[C@H]2OC(C)C)[C@@](O)(COC(C)C)C1.[B][C@H]1C[C@H]2OP(=O)([O-])O[C@]2(COC(C)C)O1.[OH-]. The largest absolute Gasteiger partial charge is 0.870 e. The van der Waals surface area contributed by atoms with E-state index >= 15 is 0 Å². The average Bonchev–Trinajstić information content (AvgIpc) is 3.80. The maximum atomic E-state index is 12.3. The van der Waals surface area contributed by atoms with Crippen LogP contribution in [0.5, 0.6) is 0 Å². The summed E-state index contributed by atoms with van der Waals surface area (Å²) in [7, 11) is 13.8. The Morgan fingerprint density at radius 1 is 0.825 bits per heavy atom. The molecule has 57 heavy (non-hydrogen) atoms. The summed E-state index contributed by atoms with van der Waals surface area (Å²) >= 11 is 0. The Bertz CT molecular complexity index is 1290. The molecule has 0 bridgehead atoms. The maximum absolute atomic E-state index is 12.3. The number of ether oxygens (including phenoxy) is 7. The van der Waals surface area contributed by atoms with E-state index in [0.29, 0.717) is 12.8 Å². The molecule has 324 valence electrons. The molecule has 0 aromatic heterocycles. The van der Waals surface area contributed by atoms with Crippen molar-refractivity contribution >= 4 is 47.0 Å². The van der Waals surface area contributed by atoms with Crippen LogP contribution >= 0.6 is 15.6 Å². The Morgan fingerprint density at radius 3 is 1.88 bits per heavy atom. The fourth-order valence-electron chi connectivity index (χ4n) is 6.68. The zero-order chi connectivity index (χ0) is 42.2. The lowest BCUT2D eigenvalue weighted by molar-refractivity contribution is -0.245. The molecule has 5 aliphatic rings. The van der Waals surface area contributed by atoms with Crippen molar-refractivity contribution in [2.24, 2.45) is 0 Å². The summed E-state index contributed by atoms with van der Waals surface area (Å²) in [6.45, 7) is 14.5. The summed E-state index contributed by atoms with van der Waals surface area (Å²) in [6.07, 6.45) is -1.42. The molecule has 0 aromatic carbocycles. The van der Waals surface area contributed by atoms with Crippen molar-refractivity contribution in [1.82, 2.24) is 0 Å². The fourth-order valence-corrected chi connectivity index (χ4v) is 8.86. The van der Waals surface area contributed by atoms with Gasteiger partial charge in [0, 0.05) is 18.0 Å². The number of phosphoric acid groups is 2. The fraction of sp³-hybridized carbons (Fsp3) is 1.00. The molecule has 24 heteroatoms. The van der Waals surface area contributed by atoms with E-state index < -0.39 is 63.2 Å². The number of rotatable bonds is 16. The molecule has 18 nitrogen and oxygen atoms in total. The monoisotopic (exact) mass is 849 g/mol. The van der Waals surface area contributed by atoms with E-state index in [4.69, 9.17) is 87.7 Å². The van der Waals surface area contributed by atoms with Crippen LogP contribution in [0.15, 0.2) is 0 Å². The number of aliphatic hydroxyl groups excluding tert-OH is 1. The van der Waals surface area contributed by atoms with Gasteiger partial charge in [0.1, 0.15) is 54.1 Å². The summed E-state index contributed by atoms with van der Waals surface area (Å²) in [6, 6.07) is -1.43. The summed E-state index contributed by atoms with van der Waals surface area (Å²) in [5, 5.41) is 19.7. The van der Waals surface area contributed by atoms with Crippen molar-refractivity contribution in [1.29, 1.82) is 0 Å². The van der Waals surface area contributed by atoms with Gasteiger partial charge in [0.25, 0.3) is 15.6 Å². The number of aliphatic hydroxyl groups is 2. The Morgan fingerprint density at radius 2 is 1.35 bits per heavy atom. The lowest BCUT2D eigenvalue weighted by Crippen LogP contribution is -2.44. The van der Waals surface area contributed by atoms with E-state index in [2.05, 4.69) is 0 Å². The lowest BCUT2D eigenvalue weighted by atomic mass is 9.85. The molecule has 1 aliphatic carbocycles. The quantitative estimate of drug-likeness (QED) is 0.160. The highest BCUT2D eigenvalue weighted by Gasteiger charge is 2.58. The molecule has 4 saturated heterocycles. The summed E-state index contributed by atoms with van der Waals surface area (Å²) < 4.78 is 81.3. The van der Waals surface area contributed by atoms with Gasteiger partial charge in [-0.25, -0.2) is 0 Å². The topological polar surface area (TPSA) is 252 Å². The molecule has 5 fully saturated rings. The van der Waals surface area contributed by atoms with Crippen LogP contribution in [0.3, 0.4) is 0 Å². The third-order valence-corrected chi connectivity index (χ3v) is 11.0. The van der Waals surface area contributed by atoms with Crippen LogP contribution < -0.4 is 9.79 Å². The molecule has 0 amide bonds. The zero-order valence-electron chi connectivity index (χ0n) is 34.1. The van der Waals surface area contributed by atoms with Crippen molar-refractivity contribution in [2.75, 3.05) is 26.4 Å². The van der Waals surface area contributed by atoms with Gasteiger partial charge in [-0.1, -0.05) is 5.82 Å². The van der Waals surface area contributed by atoms with Gasteiger partial charge in [0.15, 0.2) is 0 Å². The second kappa shape index (κ2) is 23.0. The van der Waals surface area contributed by atoms with E-state index in [1.54, 1.807) is 0 Å². The van der Waals surface area contributed by atoms with Crippen LogP contribution in [0, 0.1) is 0 Å². The van der Waals surface area contributed by atoms with E-state index in [-0.39, 0.29) is 99.9 Å². The highest BCUT2D eigenvalue weighted by Crippen LogP contribution is 2.58. The molecule has 14 atom stereocenters. The molecule has 0 aromatic rings. The maximum Gasteiger partial charge on any atom is 0.271 e. The van der Waals surface area contributed by atoms with E-state index in [0.717, 1.165) is 0 Å². The number of hydrogen-bond acceptors (Lipinski definition) is 18. The predicted octanol–water partition coefficient (Wildman–Crippen LogP) is 0.626. The molecule has 4 heterocycles. The lowest BCUT2D eigenvalue weighted by Gasteiger charge is -2.35. The molecule has 3 N–H and O–H groups in total. The van der Waals surface area contributed by atoms with Gasteiger partial charge in [0.2, 0.25) is 5.79 Å². The summed E-state index contributed by atoms with van der Waals surface area (Å²) in [4.78, 5) is 23.6. The number of phosphoric ester groups is 2. The first-order chi connectivity index (χ1) is 25.9. The Hall–Kier alpha value is 0.0797. The second-order valence-electron chi connectivity index (χ2n) is 15.7. The molecule has 5 rings (SSSR count). The predicted molar refractivity (Wildman–Crippen MR) is 203 cm³/mol. The molecule has 1 saturated carbocycles. The average molecular weight is 849 g/mol. The molecular formula is C33H59B4O18P2-3. The number of hydrogen-bond donors (Lipinski definition) is 2. The van der Waals surface area contributed by atoms with Gasteiger partial charge in [-0.2, -0.15) is 0 Å². The minimum absolute atomic E-state index is 0. The van der Waals surface area contributed by atoms with Crippen molar-refractivity contribution in [2.45, 2.75) is 184 Å². The third-order valence-electron chi connectivity index (χ3n) is 9.01. The van der Waals surface area contributed by atoms with Crippen molar-refractivity contribution < 1.29 is 85.9 Å². The van der Waals surface area contributed by atoms with Crippen LogP contribution in [-0.2, 0) is 60.4 Å². The molecular weight excluding hydrogens is 790 g/mol. The number of fused-ring (bicyclic) bond motifs is 1.